The number of rotatable bonds is 1. The molecule has 0 aromatic carbocycles. The number of imidazole rings is 1. The molecule has 14 heavy (non-hydrogen) atoms. The molecule has 0 amide bonds. The van der Waals surface area contributed by atoms with E-state index in [0.717, 1.165) is 6.54 Å². The first kappa shape index (κ1) is 16.0. The summed E-state index contributed by atoms with van der Waals surface area (Å²) in [6, 6.07) is 0. The molecule has 0 atom stereocenters. The third kappa shape index (κ3) is 11.6. The molecule has 1 rings (SSSR count). The van der Waals surface area contributed by atoms with Gasteiger partial charge in [0, 0.05) is 0 Å². The van der Waals surface area contributed by atoms with Crippen molar-refractivity contribution in [3.63, 3.8) is 0 Å². The van der Waals surface area contributed by atoms with Crippen LogP contribution >= 0.6 is 0 Å². The Hall–Kier alpha value is -0.408. The van der Waals surface area contributed by atoms with Gasteiger partial charge in [0.2, 0.25) is 6.33 Å². The molecular weight excluding hydrogens is 194 g/mol. The molecule has 0 bridgehead atoms. The van der Waals surface area contributed by atoms with Crippen molar-refractivity contribution in [2.45, 2.75) is 13.5 Å². The van der Waals surface area contributed by atoms with E-state index in [-0.39, 0.29) is 20.3 Å². The van der Waals surface area contributed by atoms with Gasteiger partial charge in [0.05, 0.1) is 13.6 Å². The van der Waals surface area contributed by atoms with Crippen LogP contribution in [-0.2, 0) is 13.6 Å². The van der Waals surface area contributed by atoms with Crippen molar-refractivity contribution in [2.75, 3.05) is 0 Å². The largest absolute Gasteiger partial charge is 1.00 e. The molecule has 2 nitrogen and oxygen atoms in total. The van der Waals surface area contributed by atoms with Crippen molar-refractivity contribution in [2.24, 2.45) is 7.05 Å². The maximum absolute atomic E-state index is 9.75. The first-order valence-electron chi connectivity index (χ1n) is 3.71. The number of halogens is 4. The molecule has 1 heterocycles. The molecule has 0 aliphatic carbocycles. The smallest absolute Gasteiger partial charge is 1.00 e. The van der Waals surface area contributed by atoms with Crippen LogP contribution in [0.3, 0.4) is 0 Å². The zero-order chi connectivity index (χ0) is 10.5. The average Bonchev–Trinajstić information content (AvgIpc) is 2.31. The van der Waals surface area contributed by atoms with Crippen molar-refractivity contribution in [1.82, 2.24) is 4.57 Å². The molecule has 0 radical (unpaired) electrons. The molecule has 0 aliphatic heterocycles. The number of aromatic nitrogens is 2. The monoisotopic (exact) mass is 206 g/mol. The first-order chi connectivity index (χ1) is 5.83. The molecule has 0 fully saturated rings. The number of nitrogens with zero attached hydrogens (tertiary/aromatic N) is 2. The van der Waals surface area contributed by atoms with Crippen LogP contribution in [0.5, 0.6) is 0 Å². The Balaban J connectivity index is -0.000000185. The number of hydrogen-bond acceptors (Lipinski definition) is 0. The van der Waals surface area contributed by atoms with Crippen LogP contribution in [0.25, 0.3) is 0 Å². The average molecular weight is 206 g/mol. The zero-order valence-electron chi connectivity index (χ0n) is 9.42. The molecule has 8 heteroatoms. The Morgan fingerprint density at radius 1 is 1.36 bits per heavy atom. The normalized spacial score (nSPS) is 9.86. The SMILES string of the molecule is CCn1cc[n+](C)c1.F[B-](F)(F)F.[H-].[Li+]. The summed E-state index contributed by atoms with van der Waals surface area (Å²) in [4.78, 5) is 0. The van der Waals surface area contributed by atoms with Gasteiger partial charge in [-0.25, -0.2) is 9.13 Å². The van der Waals surface area contributed by atoms with Crippen molar-refractivity contribution in [1.29, 1.82) is 0 Å². The summed E-state index contributed by atoms with van der Waals surface area (Å²) in [5.41, 5.74) is 0. The van der Waals surface area contributed by atoms with Gasteiger partial charge >= 0.3 is 26.1 Å². The van der Waals surface area contributed by atoms with Crippen LogP contribution in [0, 0.1) is 0 Å². The second kappa shape index (κ2) is 6.96. The summed E-state index contributed by atoms with van der Waals surface area (Å²) in [5.74, 6) is 0. The molecule has 0 spiro atoms. The van der Waals surface area contributed by atoms with Gasteiger partial charge in [0.15, 0.2) is 0 Å². The molecule has 0 unspecified atom stereocenters. The summed E-state index contributed by atoms with van der Waals surface area (Å²) >= 11 is 0. The molecule has 0 saturated heterocycles. The summed E-state index contributed by atoms with van der Waals surface area (Å²) in [6.45, 7) is 3.18. The van der Waals surface area contributed by atoms with Gasteiger partial charge < -0.3 is 18.7 Å². The molecule has 0 aliphatic rings. The van der Waals surface area contributed by atoms with Gasteiger partial charge in [-0.15, -0.1) is 0 Å². The molecule has 0 saturated carbocycles. The number of hydrogen-bond donors (Lipinski definition) is 0. The summed E-state index contributed by atoms with van der Waals surface area (Å²) < 4.78 is 43.2. The van der Waals surface area contributed by atoms with Crippen LogP contribution in [-0.4, -0.2) is 11.8 Å². The summed E-state index contributed by atoms with van der Waals surface area (Å²) in [5, 5.41) is 0. The predicted molar refractivity (Wildman–Crippen MR) is 42.6 cm³/mol. The van der Waals surface area contributed by atoms with E-state index in [9.17, 15) is 17.3 Å². The molecule has 1 aromatic heterocycles. The van der Waals surface area contributed by atoms with Crippen molar-refractivity contribution in [3.05, 3.63) is 18.7 Å². The molecule has 1 aromatic rings. The quantitative estimate of drug-likeness (QED) is 0.308. The second-order valence-electron chi connectivity index (χ2n) is 2.40. The second-order valence-corrected chi connectivity index (χ2v) is 2.40. The Kier molecular flexibility index (Phi) is 7.97. The van der Waals surface area contributed by atoms with Crippen LogP contribution in [0.2, 0.25) is 0 Å². The Labute approximate surface area is 93.7 Å². The zero-order valence-corrected chi connectivity index (χ0v) is 8.42. The van der Waals surface area contributed by atoms with Crippen molar-refractivity contribution in [3.8, 4) is 0 Å². The van der Waals surface area contributed by atoms with Gasteiger partial charge in [-0.1, -0.05) is 0 Å². The first-order valence-corrected chi connectivity index (χ1v) is 3.71. The fraction of sp³-hybridized carbons (Fsp3) is 0.500. The summed E-state index contributed by atoms with van der Waals surface area (Å²) in [6.07, 6.45) is 6.14. The topological polar surface area (TPSA) is 8.81 Å². The van der Waals surface area contributed by atoms with Gasteiger partial charge in [-0.05, 0) is 6.92 Å². The molecular formula is C6H12BF4LiN2. The minimum atomic E-state index is -6.00. The van der Waals surface area contributed by atoms with Gasteiger partial charge in [-0.2, -0.15) is 0 Å². The van der Waals surface area contributed by atoms with Crippen LogP contribution in [0.15, 0.2) is 18.7 Å². The van der Waals surface area contributed by atoms with E-state index in [1.54, 1.807) is 0 Å². The minimum absolute atomic E-state index is 0. The van der Waals surface area contributed by atoms with Crippen molar-refractivity contribution >= 4 is 7.25 Å². The number of aryl methyl sites for hydroxylation is 2. The minimum Gasteiger partial charge on any atom is -1.00 e. The van der Waals surface area contributed by atoms with Crippen LogP contribution in [0.4, 0.5) is 17.3 Å². The van der Waals surface area contributed by atoms with E-state index in [1.165, 1.54) is 0 Å². The Morgan fingerprint density at radius 2 is 1.79 bits per heavy atom. The van der Waals surface area contributed by atoms with E-state index in [0.29, 0.717) is 0 Å². The maximum Gasteiger partial charge on any atom is 1.00 e. The fourth-order valence-electron chi connectivity index (χ4n) is 0.689. The third-order valence-corrected chi connectivity index (χ3v) is 1.19. The van der Waals surface area contributed by atoms with E-state index in [2.05, 4.69) is 24.0 Å². The standard InChI is InChI=1S/C6H11N2.BF4.Li.H/c1-3-8-5-4-7(2)6-8;2-1(3,4)5;;/h4-6H,3H2,1-2H3;;;/q+1;-1;+1;-1. The van der Waals surface area contributed by atoms with E-state index < -0.39 is 7.25 Å². The van der Waals surface area contributed by atoms with E-state index >= 15 is 0 Å². The Bertz CT molecular complexity index is 250. The fourth-order valence-corrected chi connectivity index (χ4v) is 0.689. The van der Waals surface area contributed by atoms with E-state index in [4.69, 9.17) is 0 Å². The van der Waals surface area contributed by atoms with Gasteiger partial charge in [0.1, 0.15) is 12.4 Å². The third-order valence-electron chi connectivity index (χ3n) is 1.19. The maximum atomic E-state index is 9.75. The van der Waals surface area contributed by atoms with E-state index in [1.807, 2.05) is 17.8 Å². The van der Waals surface area contributed by atoms with Crippen LogP contribution in [0.1, 0.15) is 8.35 Å². The van der Waals surface area contributed by atoms with Crippen LogP contribution < -0.4 is 23.4 Å². The van der Waals surface area contributed by atoms with Gasteiger partial charge in [-0.3, -0.25) is 0 Å². The molecule has 0 N–H and O–H groups in total. The Morgan fingerprint density at radius 3 is 1.93 bits per heavy atom. The predicted octanol–water partition coefficient (Wildman–Crippen LogP) is -1.25. The summed E-state index contributed by atoms with van der Waals surface area (Å²) in [7, 11) is -3.98. The molecule has 78 valence electrons. The van der Waals surface area contributed by atoms with Gasteiger partial charge in [0.25, 0.3) is 0 Å². The van der Waals surface area contributed by atoms with Crippen molar-refractivity contribution < 1.29 is 42.1 Å².